The molecular formula is C24H30O2. The highest BCUT2D eigenvalue weighted by atomic mass is 16.5. The molecule has 2 aromatic rings. The van der Waals surface area contributed by atoms with Crippen LogP contribution < -0.4 is 0 Å². The normalized spacial score (nSPS) is 19.3. The molecule has 0 amide bonds. The van der Waals surface area contributed by atoms with Crippen LogP contribution in [0.25, 0.3) is 16.3 Å². The maximum atomic E-state index is 13.1. The predicted molar refractivity (Wildman–Crippen MR) is 109 cm³/mol. The summed E-state index contributed by atoms with van der Waals surface area (Å²) in [4.78, 5) is 13.1. The lowest BCUT2D eigenvalue weighted by molar-refractivity contribution is -0.159. The van der Waals surface area contributed by atoms with Gasteiger partial charge in [0.05, 0.1) is 0 Å². The Hall–Kier alpha value is -2.09. The summed E-state index contributed by atoms with van der Waals surface area (Å²) in [5.41, 5.74) is 1.74. The number of carbonyl (C=O) groups excluding carboxylic acids is 1. The van der Waals surface area contributed by atoms with Crippen LogP contribution in [-0.2, 0) is 9.53 Å². The molecule has 0 radical (unpaired) electrons. The van der Waals surface area contributed by atoms with Crippen molar-refractivity contribution < 1.29 is 9.53 Å². The minimum atomic E-state index is -0.529. The number of ether oxygens (including phenoxy) is 1. The van der Waals surface area contributed by atoms with Gasteiger partial charge in [-0.3, -0.25) is 4.79 Å². The van der Waals surface area contributed by atoms with Gasteiger partial charge in [-0.15, -0.1) is 0 Å². The van der Waals surface area contributed by atoms with Crippen molar-refractivity contribution in [1.29, 1.82) is 0 Å². The third-order valence-electron chi connectivity index (χ3n) is 5.41. The van der Waals surface area contributed by atoms with E-state index in [0.717, 1.165) is 24.0 Å². The Morgan fingerprint density at radius 3 is 2.27 bits per heavy atom. The molecule has 2 heteroatoms. The molecule has 0 aliphatic heterocycles. The van der Waals surface area contributed by atoms with Crippen LogP contribution in [0.4, 0.5) is 0 Å². The van der Waals surface area contributed by atoms with Crippen LogP contribution in [0.5, 0.6) is 0 Å². The van der Waals surface area contributed by atoms with E-state index in [0.29, 0.717) is 11.8 Å². The molecule has 0 saturated carbocycles. The maximum Gasteiger partial charge on any atom is 0.320 e. The van der Waals surface area contributed by atoms with Crippen molar-refractivity contribution in [2.24, 2.45) is 17.3 Å². The molecule has 0 bridgehead atoms. The highest BCUT2D eigenvalue weighted by molar-refractivity contribution is 6.07. The highest BCUT2D eigenvalue weighted by Crippen LogP contribution is 2.55. The number of carbonyl (C=O) groups is 1. The van der Waals surface area contributed by atoms with Crippen molar-refractivity contribution >= 4 is 22.3 Å². The van der Waals surface area contributed by atoms with Gasteiger partial charge in [0, 0.05) is 0 Å². The summed E-state index contributed by atoms with van der Waals surface area (Å²) < 4.78 is 6.00. The van der Waals surface area contributed by atoms with Crippen LogP contribution >= 0.6 is 0 Å². The first-order chi connectivity index (χ1) is 12.4. The Kier molecular flexibility index (Phi) is 5.22. The minimum Gasteiger partial charge on any atom is -0.461 e. The van der Waals surface area contributed by atoms with Crippen molar-refractivity contribution in [1.82, 2.24) is 0 Å². The molecule has 26 heavy (non-hydrogen) atoms. The molecule has 3 rings (SSSR count). The smallest absolute Gasteiger partial charge is 0.320 e. The summed E-state index contributed by atoms with van der Waals surface area (Å²) >= 11 is 0. The van der Waals surface area contributed by atoms with Crippen molar-refractivity contribution in [3.63, 3.8) is 0 Å². The molecule has 0 fully saturated rings. The first kappa shape index (κ1) is 18.7. The standard InChI is InChI=1S/C24H30O2/c1-6-13-24(23(25)26-22(16(2)3)17(4)5)15-21(24)20-12-11-18-9-7-8-10-19(18)14-20/h7-12,14-17,22H,6,13H2,1-5H3/t24-/m1/s1. The average molecular weight is 351 g/mol. The number of esters is 1. The summed E-state index contributed by atoms with van der Waals surface area (Å²) in [5.74, 6) is 0.566. The van der Waals surface area contributed by atoms with Gasteiger partial charge < -0.3 is 4.74 Å². The SMILES string of the molecule is CCC[C@@]1(C(=O)OC(C(C)C)C(C)C)C=C1c1ccc2ccccc2c1. The third-order valence-corrected chi connectivity index (χ3v) is 5.41. The lowest BCUT2D eigenvalue weighted by Gasteiger charge is -2.28. The fraction of sp³-hybridized carbons (Fsp3) is 0.458. The molecular weight excluding hydrogens is 320 g/mol. The van der Waals surface area contributed by atoms with Gasteiger partial charge in [0.15, 0.2) is 0 Å². The monoisotopic (exact) mass is 350 g/mol. The van der Waals surface area contributed by atoms with E-state index in [1.54, 1.807) is 0 Å². The topological polar surface area (TPSA) is 26.3 Å². The summed E-state index contributed by atoms with van der Waals surface area (Å²) in [6, 6.07) is 14.8. The largest absolute Gasteiger partial charge is 0.461 e. The summed E-state index contributed by atoms with van der Waals surface area (Å²) in [5, 5.41) is 2.43. The fourth-order valence-corrected chi connectivity index (χ4v) is 4.05. The van der Waals surface area contributed by atoms with Crippen molar-refractivity contribution in [3.8, 4) is 0 Å². The van der Waals surface area contributed by atoms with E-state index in [9.17, 15) is 4.79 Å². The fourth-order valence-electron chi connectivity index (χ4n) is 4.05. The Bertz CT molecular complexity index is 823. The van der Waals surface area contributed by atoms with Crippen molar-refractivity contribution in [3.05, 3.63) is 54.1 Å². The van der Waals surface area contributed by atoms with E-state index in [1.807, 2.05) is 0 Å². The van der Waals surface area contributed by atoms with Gasteiger partial charge in [-0.05, 0) is 46.2 Å². The minimum absolute atomic E-state index is 0.0388. The number of hydrogen-bond donors (Lipinski definition) is 0. The van der Waals surface area contributed by atoms with Gasteiger partial charge in [-0.25, -0.2) is 0 Å². The molecule has 2 nitrogen and oxygen atoms in total. The Morgan fingerprint density at radius 2 is 1.65 bits per heavy atom. The third kappa shape index (κ3) is 3.42. The van der Waals surface area contributed by atoms with Crippen molar-refractivity contribution in [2.75, 3.05) is 0 Å². The molecule has 138 valence electrons. The van der Waals surface area contributed by atoms with Gasteiger partial charge in [0.1, 0.15) is 11.5 Å². The summed E-state index contributed by atoms with van der Waals surface area (Å²) in [6.07, 6.45) is 3.84. The first-order valence-electron chi connectivity index (χ1n) is 9.82. The predicted octanol–water partition coefficient (Wildman–Crippen LogP) is 6.25. The zero-order valence-electron chi connectivity index (χ0n) is 16.6. The first-order valence-corrected chi connectivity index (χ1v) is 9.82. The molecule has 0 aromatic heterocycles. The molecule has 1 atom stereocenters. The number of hydrogen-bond acceptors (Lipinski definition) is 2. The molecule has 0 unspecified atom stereocenters. The molecule has 0 spiro atoms. The van der Waals surface area contributed by atoms with Crippen molar-refractivity contribution in [2.45, 2.75) is 53.6 Å². The Labute approximate surface area is 157 Å². The Morgan fingerprint density at radius 1 is 1.00 bits per heavy atom. The highest BCUT2D eigenvalue weighted by Gasteiger charge is 2.52. The van der Waals surface area contributed by atoms with Gasteiger partial charge in [-0.1, -0.05) is 83.5 Å². The van der Waals surface area contributed by atoms with Crippen LogP contribution in [-0.4, -0.2) is 12.1 Å². The second-order valence-corrected chi connectivity index (χ2v) is 8.20. The molecule has 1 aliphatic rings. The number of fused-ring (bicyclic) bond motifs is 1. The second-order valence-electron chi connectivity index (χ2n) is 8.20. The summed E-state index contributed by atoms with van der Waals surface area (Å²) in [7, 11) is 0. The van der Waals surface area contributed by atoms with Gasteiger partial charge in [0.25, 0.3) is 0 Å². The number of benzene rings is 2. The van der Waals surface area contributed by atoms with Crippen LogP contribution in [0.1, 0.15) is 53.0 Å². The zero-order chi connectivity index (χ0) is 18.9. The molecule has 0 N–H and O–H groups in total. The van der Waals surface area contributed by atoms with Crippen LogP contribution in [0.15, 0.2) is 48.5 Å². The van der Waals surface area contributed by atoms with Crippen LogP contribution in [0.3, 0.4) is 0 Å². The zero-order valence-corrected chi connectivity index (χ0v) is 16.6. The van der Waals surface area contributed by atoms with E-state index >= 15 is 0 Å². The van der Waals surface area contributed by atoms with Crippen LogP contribution in [0.2, 0.25) is 0 Å². The number of rotatable bonds is 7. The average Bonchev–Trinajstić information content (AvgIpc) is 3.34. The van der Waals surface area contributed by atoms with E-state index in [4.69, 9.17) is 4.74 Å². The lowest BCUT2D eigenvalue weighted by atomic mass is 9.90. The van der Waals surface area contributed by atoms with Gasteiger partial charge >= 0.3 is 5.97 Å². The lowest BCUT2D eigenvalue weighted by Crippen LogP contribution is -2.33. The molecule has 0 saturated heterocycles. The molecule has 0 heterocycles. The second kappa shape index (κ2) is 7.26. The van der Waals surface area contributed by atoms with Gasteiger partial charge in [-0.2, -0.15) is 0 Å². The molecule has 1 aliphatic carbocycles. The maximum absolute atomic E-state index is 13.1. The van der Waals surface area contributed by atoms with Gasteiger partial charge in [0.2, 0.25) is 0 Å². The van der Waals surface area contributed by atoms with Crippen LogP contribution in [0, 0.1) is 17.3 Å². The van der Waals surface area contributed by atoms with E-state index in [1.165, 1.54) is 10.8 Å². The molecule has 2 aromatic carbocycles. The Balaban J connectivity index is 1.85. The summed E-state index contributed by atoms with van der Waals surface area (Å²) in [6.45, 7) is 10.6. The quantitative estimate of drug-likeness (QED) is 0.552. The van der Waals surface area contributed by atoms with E-state index in [-0.39, 0.29) is 12.1 Å². The van der Waals surface area contributed by atoms with E-state index in [2.05, 4.69) is 83.2 Å². The van der Waals surface area contributed by atoms with E-state index < -0.39 is 5.41 Å².